The minimum Gasteiger partial charge on any atom is -0.422 e. The minimum absolute atomic E-state index is 0.0764. The number of benzene rings is 1. The first-order chi connectivity index (χ1) is 15.5. The minimum atomic E-state index is -0.598. The number of carbonyl (C=O) groups is 1. The van der Waals surface area contributed by atoms with Gasteiger partial charge < -0.3 is 14.2 Å². The first kappa shape index (κ1) is 20.0. The second-order valence-corrected chi connectivity index (χ2v) is 7.88. The number of fused-ring (bicyclic) bond motifs is 1. The van der Waals surface area contributed by atoms with E-state index in [1.165, 1.54) is 0 Å². The molecule has 162 valence electrons. The third-order valence-electron chi connectivity index (χ3n) is 5.87. The number of hydrogen-bond donors (Lipinski definition) is 0. The van der Waals surface area contributed by atoms with E-state index in [9.17, 15) is 9.59 Å². The molecule has 5 rings (SSSR count). The van der Waals surface area contributed by atoms with Crippen LogP contribution >= 0.6 is 0 Å². The molecule has 0 aliphatic carbocycles. The number of rotatable bonds is 3. The Labute approximate surface area is 184 Å². The van der Waals surface area contributed by atoms with E-state index < -0.39 is 5.63 Å². The molecule has 0 bridgehead atoms. The van der Waals surface area contributed by atoms with Crippen LogP contribution in [0.2, 0.25) is 0 Å². The zero-order chi connectivity index (χ0) is 22.2. The average molecular weight is 429 g/mol. The summed E-state index contributed by atoms with van der Waals surface area (Å²) in [5.41, 5.74) is 2.95. The predicted molar refractivity (Wildman–Crippen MR) is 121 cm³/mol. The van der Waals surface area contributed by atoms with Crippen molar-refractivity contribution in [1.29, 1.82) is 0 Å². The highest BCUT2D eigenvalue weighted by Crippen LogP contribution is 2.27. The third-order valence-corrected chi connectivity index (χ3v) is 5.87. The van der Waals surface area contributed by atoms with Crippen LogP contribution in [0.25, 0.3) is 16.8 Å². The van der Waals surface area contributed by atoms with E-state index in [0.717, 1.165) is 28.3 Å². The van der Waals surface area contributed by atoms with Gasteiger partial charge in [0.05, 0.1) is 17.1 Å². The van der Waals surface area contributed by atoms with Crippen molar-refractivity contribution >= 4 is 22.6 Å². The second-order valence-electron chi connectivity index (χ2n) is 7.88. The van der Waals surface area contributed by atoms with Crippen LogP contribution in [0, 0.1) is 13.8 Å². The fourth-order valence-electron chi connectivity index (χ4n) is 4.31. The van der Waals surface area contributed by atoms with E-state index in [4.69, 9.17) is 4.42 Å². The first-order valence-electron chi connectivity index (χ1n) is 10.6. The molecule has 8 nitrogen and oxygen atoms in total. The molecule has 4 aromatic rings. The van der Waals surface area contributed by atoms with Gasteiger partial charge in [-0.3, -0.25) is 4.79 Å². The number of nitrogens with zero attached hydrogens (tertiary/aromatic N) is 5. The largest absolute Gasteiger partial charge is 0.422 e. The monoisotopic (exact) mass is 429 g/mol. The molecule has 4 heterocycles. The topological polar surface area (TPSA) is 84.5 Å². The SMILES string of the molecule is Cc1nn(-c2ccccn2)c(C)c1N1CCN(C(=O)c2cc3ccccc3oc2=O)CC1. The van der Waals surface area contributed by atoms with Crippen LogP contribution in [0.15, 0.2) is 63.9 Å². The van der Waals surface area contributed by atoms with Gasteiger partial charge >= 0.3 is 5.63 Å². The molecular formula is C24H23N5O3. The Bertz CT molecular complexity index is 1350. The number of carbonyl (C=O) groups excluding carboxylic acids is 1. The zero-order valence-corrected chi connectivity index (χ0v) is 18.0. The number of para-hydroxylation sites is 1. The molecule has 0 spiro atoms. The Balaban J connectivity index is 1.35. The molecule has 1 fully saturated rings. The summed E-state index contributed by atoms with van der Waals surface area (Å²) in [6.07, 6.45) is 1.75. The van der Waals surface area contributed by atoms with Gasteiger partial charge in [-0.1, -0.05) is 24.3 Å². The van der Waals surface area contributed by atoms with Gasteiger partial charge in [0.2, 0.25) is 0 Å². The van der Waals surface area contributed by atoms with E-state index in [2.05, 4.69) is 15.0 Å². The lowest BCUT2D eigenvalue weighted by atomic mass is 10.1. The summed E-state index contributed by atoms with van der Waals surface area (Å²) in [4.78, 5) is 33.8. The van der Waals surface area contributed by atoms with Gasteiger partial charge in [-0.2, -0.15) is 5.10 Å². The normalized spacial score (nSPS) is 14.2. The molecule has 0 radical (unpaired) electrons. The smallest absolute Gasteiger partial charge is 0.349 e. The molecule has 3 aromatic heterocycles. The summed E-state index contributed by atoms with van der Waals surface area (Å²) in [5, 5.41) is 5.41. The predicted octanol–water partition coefficient (Wildman–Crippen LogP) is 2.95. The van der Waals surface area contributed by atoms with Crippen molar-refractivity contribution in [3.8, 4) is 5.82 Å². The standard InChI is InChI=1S/C24H23N5O3/c1-16-22(17(2)29(26-16)21-9-5-6-10-25-21)27-11-13-28(14-12-27)23(30)19-15-18-7-3-4-8-20(18)32-24(19)31/h3-10,15H,11-14H2,1-2H3. The van der Waals surface area contributed by atoms with Crippen LogP contribution in [-0.4, -0.2) is 51.8 Å². The lowest BCUT2D eigenvalue weighted by molar-refractivity contribution is 0.0742. The zero-order valence-electron chi connectivity index (χ0n) is 18.0. The van der Waals surface area contributed by atoms with Crippen molar-refractivity contribution in [3.05, 3.63) is 82.1 Å². The molecule has 0 saturated carbocycles. The highest BCUT2D eigenvalue weighted by Gasteiger charge is 2.27. The quantitative estimate of drug-likeness (QED) is 0.466. The maximum atomic E-state index is 13.1. The van der Waals surface area contributed by atoms with E-state index >= 15 is 0 Å². The van der Waals surface area contributed by atoms with Gasteiger partial charge in [0.25, 0.3) is 5.91 Å². The summed E-state index contributed by atoms with van der Waals surface area (Å²) in [6, 6.07) is 14.6. The van der Waals surface area contributed by atoms with E-state index in [0.29, 0.717) is 31.8 Å². The molecule has 1 aliphatic rings. The van der Waals surface area contributed by atoms with Gasteiger partial charge in [0.15, 0.2) is 5.82 Å². The molecule has 1 saturated heterocycles. The fraction of sp³-hybridized carbons (Fsp3) is 0.250. The molecule has 0 N–H and O–H groups in total. The molecular weight excluding hydrogens is 406 g/mol. The average Bonchev–Trinajstić information content (AvgIpc) is 3.12. The summed E-state index contributed by atoms with van der Waals surface area (Å²) in [7, 11) is 0. The molecule has 0 atom stereocenters. The van der Waals surface area contributed by atoms with E-state index in [1.54, 1.807) is 29.3 Å². The lowest BCUT2D eigenvalue weighted by Gasteiger charge is -2.36. The maximum Gasteiger partial charge on any atom is 0.349 e. The number of aromatic nitrogens is 3. The van der Waals surface area contributed by atoms with Crippen molar-refractivity contribution in [3.63, 3.8) is 0 Å². The van der Waals surface area contributed by atoms with Gasteiger partial charge in [-0.05, 0) is 38.1 Å². The Morgan fingerprint density at radius 2 is 1.75 bits per heavy atom. The number of aryl methyl sites for hydroxylation is 1. The Morgan fingerprint density at radius 3 is 2.50 bits per heavy atom. The Hall–Kier alpha value is -3.94. The Kier molecular flexibility index (Phi) is 4.97. The van der Waals surface area contributed by atoms with Crippen LogP contribution in [-0.2, 0) is 0 Å². The summed E-state index contributed by atoms with van der Waals surface area (Å²) >= 11 is 0. The van der Waals surface area contributed by atoms with E-state index in [1.807, 2.05) is 48.9 Å². The van der Waals surface area contributed by atoms with Crippen molar-refractivity contribution in [2.75, 3.05) is 31.1 Å². The van der Waals surface area contributed by atoms with Gasteiger partial charge in [-0.15, -0.1) is 0 Å². The molecule has 0 unspecified atom stereocenters. The van der Waals surface area contributed by atoms with Crippen LogP contribution in [0.5, 0.6) is 0 Å². The maximum absolute atomic E-state index is 13.1. The fourth-order valence-corrected chi connectivity index (χ4v) is 4.31. The second kappa shape index (κ2) is 7.96. The van der Waals surface area contributed by atoms with Crippen LogP contribution in [0.1, 0.15) is 21.7 Å². The third kappa shape index (κ3) is 3.43. The molecule has 1 aromatic carbocycles. The lowest BCUT2D eigenvalue weighted by Crippen LogP contribution is -2.49. The van der Waals surface area contributed by atoms with Gasteiger partial charge in [0, 0.05) is 37.8 Å². The number of amides is 1. The van der Waals surface area contributed by atoms with Crippen molar-refractivity contribution in [2.24, 2.45) is 0 Å². The van der Waals surface area contributed by atoms with Crippen LogP contribution in [0.4, 0.5) is 5.69 Å². The molecule has 32 heavy (non-hydrogen) atoms. The highest BCUT2D eigenvalue weighted by atomic mass is 16.4. The van der Waals surface area contributed by atoms with Crippen LogP contribution in [0.3, 0.4) is 0 Å². The van der Waals surface area contributed by atoms with Gasteiger partial charge in [0.1, 0.15) is 11.1 Å². The number of hydrogen-bond acceptors (Lipinski definition) is 6. The van der Waals surface area contributed by atoms with Crippen molar-refractivity contribution in [1.82, 2.24) is 19.7 Å². The Morgan fingerprint density at radius 1 is 1.00 bits per heavy atom. The highest BCUT2D eigenvalue weighted by molar-refractivity contribution is 5.96. The number of piperazine rings is 1. The summed E-state index contributed by atoms with van der Waals surface area (Å²) in [5.74, 6) is 0.484. The van der Waals surface area contributed by atoms with Crippen molar-refractivity contribution in [2.45, 2.75) is 13.8 Å². The molecule has 1 aliphatic heterocycles. The number of anilines is 1. The van der Waals surface area contributed by atoms with Gasteiger partial charge in [-0.25, -0.2) is 14.5 Å². The summed E-state index contributed by atoms with van der Waals surface area (Å²) < 4.78 is 7.19. The first-order valence-corrected chi connectivity index (χ1v) is 10.6. The summed E-state index contributed by atoms with van der Waals surface area (Å²) in [6.45, 7) is 6.35. The van der Waals surface area contributed by atoms with E-state index in [-0.39, 0.29) is 11.5 Å². The number of pyridine rings is 1. The molecule has 8 heteroatoms. The molecule has 1 amide bonds. The van der Waals surface area contributed by atoms with Crippen LogP contribution < -0.4 is 10.5 Å². The van der Waals surface area contributed by atoms with Crippen molar-refractivity contribution < 1.29 is 9.21 Å².